The minimum Gasteiger partial charge on any atom is -0.310 e. The van der Waals surface area contributed by atoms with Gasteiger partial charge < -0.3 is 4.90 Å². The third kappa shape index (κ3) is 7.35. The Hall–Kier alpha value is -7.74. The maximum Gasteiger partial charge on any atom is 0.0540 e. The molecule has 0 spiro atoms. The zero-order chi connectivity index (χ0) is 45.6. The fourth-order valence-corrected chi connectivity index (χ4v) is 11.7. The fourth-order valence-electron chi connectivity index (χ4n) is 11.7. The summed E-state index contributed by atoms with van der Waals surface area (Å²) >= 11 is 0. The normalized spacial score (nSPS) is 14.1. The number of anilines is 3. The van der Waals surface area contributed by atoms with Gasteiger partial charge in [0.2, 0.25) is 0 Å². The Morgan fingerprint density at radius 2 is 0.897 bits per heavy atom. The van der Waals surface area contributed by atoms with E-state index in [1.807, 2.05) is 0 Å². The third-order valence-electron chi connectivity index (χ3n) is 15.1. The van der Waals surface area contributed by atoms with Gasteiger partial charge in [-0.05, 0) is 144 Å². The molecule has 0 amide bonds. The third-order valence-corrected chi connectivity index (χ3v) is 15.1. The summed E-state index contributed by atoms with van der Waals surface area (Å²) < 4.78 is 0. The summed E-state index contributed by atoms with van der Waals surface area (Å²) in [6.45, 7) is 4.72. The molecule has 0 N–H and O–H groups in total. The van der Waals surface area contributed by atoms with Gasteiger partial charge in [-0.1, -0.05) is 227 Å². The predicted octanol–water partition coefficient (Wildman–Crippen LogP) is 19.0. The number of hydrogen-bond acceptors (Lipinski definition) is 1. The lowest BCUT2D eigenvalue weighted by molar-refractivity contribution is 0.445. The van der Waals surface area contributed by atoms with Crippen LogP contribution in [0.2, 0.25) is 0 Å². The lowest BCUT2D eigenvalue weighted by Crippen LogP contribution is -2.14. The van der Waals surface area contributed by atoms with Crippen molar-refractivity contribution in [3.63, 3.8) is 0 Å². The molecule has 1 heteroatoms. The zero-order valence-electron chi connectivity index (χ0n) is 39.0. The molecule has 12 rings (SSSR count). The quantitative estimate of drug-likeness (QED) is 0.140. The van der Waals surface area contributed by atoms with Crippen LogP contribution in [0.25, 0.3) is 77.5 Å². The second-order valence-electron chi connectivity index (χ2n) is 19.4. The Bertz CT molecular complexity index is 3420. The molecule has 0 atom stereocenters. The molecule has 10 aromatic rings. The lowest BCUT2D eigenvalue weighted by Gasteiger charge is -2.29. The number of hydrogen-bond donors (Lipinski definition) is 0. The van der Waals surface area contributed by atoms with Crippen LogP contribution in [0, 0.1) is 0 Å². The van der Waals surface area contributed by atoms with Gasteiger partial charge in [0.25, 0.3) is 0 Å². The molecule has 68 heavy (non-hydrogen) atoms. The minimum absolute atomic E-state index is 0.0555. The molecule has 0 saturated heterocycles. The summed E-state index contributed by atoms with van der Waals surface area (Å²) in [5.74, 6) is 0.582. The van der Waals surface area contributed by atoms with Crippen LogP contribution in [0.3, 0.4) is 0 Å². The Morgan fingerprint density at radius 3 is 1.62 bits per heavy atom. The van der Waals surface area contributed by atoms with E-state index < -0.39 is 0 Å². The molecule has 10 aromatic carbocycles. The van der Waals surface area contributed by atoms with E-state index in [0.717, 1.165) is 17.1 Å². The summed E-state index contributed by atoms with van der Waals surface area (Å²) in [4.78, 5) is 2.48. The first-order valence-electron chi connectivity index (χ1n) is 24.6. The lowest BCUT2D eigenvalue weighted by atomic mass is 9.80. The zero-order valence-corrected chi connectivity index (χ0v) is 39.0. The average Bonchev–Trinajstić information content (AvgIpc) is 3.65. The van der Waals surface area contributed by atoms with Gasteiger partial charge >= 0.3 is 0 Å². The van der Waals surface area contributed by atoms with Crippen LogP contribution in [-0.4, -0.2) is 0 Å². The van der Waals surface area contributed by atoms with E-state index >= 15 is 0 Å². The van der Waals surface area contributed by atoms with Crippen molar-refractivity contribution in [1.29, 1.82) is 0 Å². The molecule has 1 nitrogen and oxygen atoms in total. The van der Waals surface area contributed by atoms with Crippen molar-refractivity contribution < 1.29 is 0 Å². The second kappa shape index (κ2) is 17.5. The molecule has 0 unspecified atom stereocenters. The number of para-hydroxylation sites is 1. The highest BCUT2D eigenvalue weighted by Crippen LogP contribution is 2.53. The van der Waals surface area contributed by atoms with Gasteiger partial charge in [0, 0.05) is 22.4 Å². The van der Waals surface area contributed by atoms with Crippen molar-refractivity contribution >= 4 is 27.8 Å². The average molecular weight is 874 g/mol. The van der Waals surface area contributed by atoms with Gasteiger partial charge in [-0.25, -0.2) is 0 Å². The summed E-state index contributed by atoms with van der Waals surface area (Å²) in [7, 11) is 0. The van der Waals surface area contributed by atoms with E-state index in [0.29, 0.717) is 5.92 Å². The SMILES string of the molecule is CC1(C)c2ccccc2-c2c(-c3ccc(N(c4ccc(-c5ccc(-c6ccccc6)c(-c6ccccc6)c5)cc4)c4ccccc4-c4cccc5cccc(C6CCCCC6)c45)cc3)cccc21. The van der Waals surface area contributed by atoms with E-state index in [9.17, 15) is 0 Å². The van der Waals surface area contributed by atoms with Crippen LogP contribution in [0.1, 0.15) is 68.6 Å². The number of benzene rings is 10. The molecule has 0 heterocycles. The van der Waals surface area contributed by atoms with Crippen LogP contribution in [0.15, 0.2) is 231 Å². The summed E-state index contributed by atoms with van der Waals surface area (Å²) in [6.07, 6.45) is 6.47. The van der Waals surface area contributed by atoms with Gasteiger partial charge in [0.1, 0.15) is 0 Å². The van der Waals surface area contributed by atoms with E-state index in [-0.39, 0.29) is 5.41 Å². The van der Waals surface area contributed by atoms with Crippen molar-refractivity contribution in [3.05, 3.63) is 247 Å². The summed E-state index contributed by atoms with van der Waals surface area (Å²) in [5.41, 5.74) is 22.6. The molecule has 1 saturated carbocycles. The Morgan fingerprint density at radius 1 is 0.368 bits per heavy atom. The van der Waals surface area contributed by atoms with E-state index in [2.05, 4.69) is 249 Å². The molecule has 0 aliphatic heterocycles. The number of fused-ring (bicyclic) bond motifs is 4. The first-order valence-corrected chi connectivity index (χ1v) is 24.6. The summed E-state index contributed by atoms with van der Waals surface area (Å²) in [6, 6.07) is 85.8. The van der Waals surface area contributed by atoms with E-state index in [1.165, 1.54) is 126 Å². The topological polar surface area (TPSA) is 3.24 Å². The van der Waals surface area contributed by atoms with Crippen molar-refractivity contribution in [2.75, 3.05) is 4.90 Å². The van der Waals surface area contributed by atoms with Crippen LogP contribution in [0.5, 0.6) is 0 Å². The Balaban J connectivity index is 0.997. The van der Waals surface area contributed by atoms with Gasteiger partial charge in [0.05, 0.1) is 5.69 Å². The number of rotatable bonds is 9. The standard InChI is InChI=1S/C67H55N/c1-67(2)62-32-14-12-28-60(62)66-57(30-18-33-63(66)67)50-37-42-54(43-38-50)68(64-34-15-13-27-58(64)59-31-17-26-51-25-16-29-56(65(51)59)48-21-8-4-9-22-48)53-40-35-46(36-41-53)52-39-44-55(47-19-6-3-7-20-47)61(45-52)49-23-10-5-11-24-49/h3,5-7,10-20,23-45,48H,4,8-9,21-22H2,1-2H3. The van der Waals surface area contributed by atoms with Crippen LogP contribution >= 0.6 is 0 Å². The van der Waals surface area contributed by atoms with Gasteiger partial charge in [-0.15, -0.1) is 0 Å². The first-order chi connectivity index (χ1) is 33.5. The van der Waals surface area contributed by atoms with Crippen molar-refractivity contribution in [2.24, 2.45) is 0 Å². The second-order valence-corrected chi connectivity index (χ2v) is 19.4. The molecule has 0 bridgehead atoms. The predicted molar refractivity (Wildman–Crippen MR) is 289 cm³/mol. The fraction of sp³-hybridized carbons (Fsp3) is 0.134. The van der Waals surface area contributed by atoms with Crippen LogP contribution in [-0.2, 0) is 5.41 Å². The highest BCUT2D eigenvalue weighted by molar-refractivity contribution is 6.04. The highest BCUT2D eigenvalue weighted by atomic mass is 15.1. The van der Waals surface area contributed by atoms with Gasteiger partial charge in [-0.3, -0.25) is 0 Å². The maximum atomic E-state index is 2.48. The summed E-state index contributed by atoms with van der Waals surface area (Å²) in [5, 5.41) is 2.71. The largest absolute Gasteiger partial charge is 0.310 e. The minimum atomic E-state index is -0.0555. The first kappa shape index (κ1) is 41.7. The van der Waals surface area contributed by atoms with Crippen molar-refractivity contribution in [2.45, 2.75) is 57.3 Å². The number of nitrogens with zero attached hydrogens (tertiary/aromatic N) is 1. The molecule has 2 aliphatic rings. The molecular formula is C67H55N. The maximum absolute atomic E-state index is 2.48. The van der Waals surface area contributed by atoms with E-state index in [4.69, 9.17) is 0 Å². The molecule has 1 fully saturated rings. The Kier molecular flexibility index (Phi) is 10.7. The molecular weight excluding hydrogens is 819 g/mol. The Labute approximate surface area is 402 Å². The molecule has 0 aromatic heterocycles. The highest BCUT2D eigenvalue weighted by Gasteiger charge is 2.36. The van der Waals surface area contributed by atoms with Gasteiger partial charge in [-0.2, -0.15) is 0 Å². The van der Waals surface area contributed by atoms with E-state index in [1.54, 1.807) is 0 Å². The molecule has 0 radical (unpaired) electrons. The van der Waals surface area contributed by atoms with Crippen LogP contribution in [0.4, 0.5) is 17.1 Å². The monoisotopic (exact) mass is 873 g/mol. The van der Waals surface area contributed by atoms with Crippen LogP contribution < -0.4 is 4.90 Å². The van der Waals surface area contributed by atoms with Crippen molar-refractivity contribution in [3.8, 4) is 66.8 Å². The smallest absolute Gasteiger partial charge is 0.0540 e. The molecule has 328 valence electrons. The van der Waals surface area contributed by atoms with Gasteiger partial charge in [0.15, 0.2) is 0 Å². The molecule has 2 aliphatic carbocycles. The van der Waals surface area contributed by atoms with Crippen molar-refractivity contribution in [1.82, 2.24) is 0 Å².